The van der Waals surface area contributed by atoms with Crippen molar-refractivity contribution < 1.29 is 23.5 Å². The molecule has 1 aromatic heterocycles. The van der Waals surface area contributed by atoms with Gasteiger partial charge in [0.05, 0.1) is 5.56 Å². The first-order valence-corrected chi connectivity index (χ1v) is 7.77. The van der Waals surface area contributed by atoms with Gasteiger partial charge in [-0.1, -0.05) is 24.8 Å². The van der Waals surface area contributed by atoms with Crippen molar-refractivity contribution in [1.82, 2.24) is 0 Å². The molecule has 1 amide bonds. The summed E-state index contributed by atoms with van der Waals surface area (Å²) in [6, 6.07) is 8.77. The van der Waals surface area contributed by atoms with E-state index in [1.165, 1.54) is 6.92 Å². The maximum Gasteiger partial charge on any atom is 0.264 e. The Balaban J connectivity index is 2.07. The second kappa shape index (κ2) is 8.53. The number of ketones is 1. The van der Waals surface area contributed by atoms with Gasteiger partial charge >= 0.3 is 0 Å². The molecule has 1 heterocycles. The second-order valence-electron chi connectivity index (χ2n) is 5.29. The fourth-order valence-electron chi connectivity index (χ4n) is 2.31. The smallest absolute Gasteiger partial charge is 0.264 e. The lowest BCUT2D eigenvalue weighted by atomic mass is 10.1. The Morgan fingerprint density at radius 2 is 1.96 bits per heavy atom. The van der Waals surface area contributed by atoms with E-state index in [1.807, 2.05) is 6.07 Å². The maximum absolute atomic E-state index is 12.1. The fourth-order valence-corrected chi connectivity index (χ4v) is 2.31. The molecule has 7 heteroatoms. The number of nitriles is 1. The number of benzene rings is 1. The van der Waals surface area contributed by atoms with Gasteiger partial charge in [0.25, 0.3) is 5.91 Å². The number of aryl methyl sites for hydroxylation is 1. The molecule has 0 spiro atoms. The number of nitrogens with zero attached hydrogens (tertiary/aromatic N) is 1. The van der Waals surface area contributed by atoms with E-state index in [0.717, 1.165) is 0 Å². The number of furan rings is 1. The van der Waals surface area contributed by atoms with Crippen molar-refractivity contribution in [2.24, 2.45) is 0 Å². The maximum atomic E-state index is 12.1. The van der Waals surface area contributed by atoms with Crippen molar-refractivity contribution >= 4 is 17.6 Å². The van der Waals surface area contributed by atoms with Crippen molar-refractivity contribution in [3.05, 3.63) is 53.8 Å². The van der Waals surface area contributed by atoms with Crippen LogP contribution in [0.3, 0.4) is 0 Å². The second-order valence-corrected chi connectivity index (χ2v) is 5.29. The van der Waals surface area contributed by atoms with Crippen LogP contribution in [0.15, 0.2) is 41.3 Å². The highest BCUT2D eigenvalue weighted by Crippen LogP contribution is 2.28. The number of carbonyl (C=O) groups excluding carboxylic acids is 2. The van der Waals surface area contributed by atoms with E-state index in [0.29, 0.717) is 18.1 Å². The molecule has 26 heavy (non-hydrogen) atoms. The van der Waals surface area contributed by atoms with Crippen LogP contribution < -0.4 is 14.8 Å². The zero-order chi connectivity index (χ0) is 19.1. The predicted octanol–water partition coefficient (Wildman–Crippen LogP) is 3.24. The zero-order valence-corrected chi connectivity index (χ0v) is 14.5. The lowest BCUT2D eigenvalue weighted by molar-refractivity contribution is -0.118. The topological polar surface area (TPSA) is 102 Å². The van der Waals surface area contributed by atoms with Crippen molar-refractivity contribution in [2.75, 3.05) is 18.5 Å². The van der Waals surface area contributed by atoms with E-state index in [2.05, 4.69) is 11.9 Å². The van der Waals surface area contributed by atoms with Crippen molar-refractivity contribution in [1.29, 1.82) is 5.26 Å². The lowest BCUT2D eigenvalue weighted by Crippen LogP contribution is -2.20. The van der Waals surface area contributed by atoms with Gasteiger partial charge in [0, 0.05) is 0 Å². The van der Waals surface area contributed by atoms with Crippen molar-refractivity contribution in [2.45, 2.75) is 13.8 Å². The molecular formula is C19H18N2O5. The van der Waals surface area contributed by atoms with Crippen LogP contribution in [0.2, 0.25) is 0 Å². The number of nitrogens with one attached hydrogen (secondary N) is 1. The molecule has 0 aliphatic carbocycles. The average Bonchev–Trinajstić information content (AvgIpc) is 2.93. The summed E-state index contributed by atoms with van der Waals surface area (Å²) in [7, 11) is 0. The largest absolute Gasteiger partial charge is 0.486 e. The summed E-state index contributed by atoms with van der Waals surface area (Å²) in [5, 5.41) is 11.7. The molecule has 7 nitrogen and oxygen atoms in total. The van der Waals surface area contributed by atoms with Gasteiger partial charge in [-0.25, -0.2) is 0 Å². The third-order valence-corrected chi connectivity index (χ3v) is 3.37. The van der Waals surface area contributed by atoms with E-state index in [4.69, 9.17) is 13.9 Å². The Morgan fingerprint density at radius 1 is 1.31 bits per heavy atom. The van der Waals surface area contributed by atoms with Crippen LogP contribution in [0.5, 0.6) is 11.5 Å². The van der Waals surface area contributed by atoms with Gasteiger partial charge < -0.3 is 13.9 Å². The normalized spacial score (nSPS) is 9.88. The molecule has 1 N–H and O–H groups in total. The summed E-state index contributed by atoms with van der Waals surface area (Å²) in [6.07, 6.45) is 1.60. The quantitative estimate of drug-likeness (QED) is 0.577. The fraction of sp³-hybridized carbons (Fsp3) is 0.211. The van der Waals surface area contributed by atoms with Gasteiger partial charge in [0.15, 0.2) is 23.9 Å². The van der Waals surface area contributed by atoms with E-state index in [-0.39, 0.29) is 35.2 Å². The molecule has 0 saturated heterocycles. The van der Waals surface area contributed by atoms with Crippen LogP contribution in [0.4, 0.5) is 5.88 Å². The van der Waals surface area contributed by atoms with E-state index < -0.39 is 5.91 Å². The molecule has 0 aliphatic heterocycles. The Hall–Kier alpha value is -3.53. The van der Waals surface area contributed by atoms with Gasteiger partial charge in [-0.05, 0) is 26.0 Å². The van der Waals surface area contributed by atoms with E-state index in [9.17, 15) is 14.9 Å². The first-order chi connectivity index (χ1) is 12.5. The Kier molecular flexibility index (Phi) is 6.17. The standard InChI is InChI=1S/C19H18N2O5/c1-4-9-24-15-7-5-6-8-16(15)25-11-17(23)21-19-14(10-20)18(12(2)22)13(3)26-19/h4-8H,1,9,11H2,2-3H3,(H,21,23). The van der Waals surface area contributed by atoms with Gasteiger partial charge in [-0.15, -0.1) is 0 Å². The Morgan fingerprint density at radius 3 is 2.54 bits per heavy atom. The van der Waals surface area contributed by atoms with Crippen molar-refractivity contribution in [3.63, 3.8) is 0 Å². The third-order valence-electron chi connectivity index (χ3n) is 3.37. The highest BCUT2D eigenvalue weighted by atomic mass is 16.5. The van der Waals surface area contributed by atoms with Gasteiger partial charge in [0.1, 0.15) is 24.0 Å². The molecule has 0 radical (unpaired) electrons. The summed E-state index contributed by atoms with van der Waals surface area (Å²) in [4.78, 5) is 23.7. The number of hydrogen-bond donors (Lipinski definition) is 1. The molecule has 0 bridgehead atoms. The van der Waals surface area contributed by atoms with Gasteiger partial charge in [0.2, 0.25) is 5.88 Å². The first-order valence-electron chi connectivity index (χ1n) is 7.77. The monoisotopic (exact) mass is 354 g/mol. The highest BCUT2D eigenvalue weighted by molar-refractivity contribution is 6.01. The molecule has 0 fully saturated rings. The molecule has 1 aromatic carbocycles. The van der Waals surface area contributed by atoms with Crippen LogP contribution >= 0.6 is 0 Å². The predicted molar refractivity (Wildman–Crippen MR) is 94.4 cm³/mol. The minimum absolute atomic E-state index is 0.00179. The molecule has 0 aliphatic rings. The molecular weight excluding hydrogens is 336 g/mol. The van der Waals surface area contributed by atoms with Crippen LogP contribution in [0.1, 0.15) is 28.6 Å². The molecule has 0 saturated carbocycles. The SMILES string of the molecule is C=CCOc1ccccc1OCC(=O)Nc1oc(C)c(C(C)=O)c1C#N. The van der Waals surface area contributed by atoms with E-state index >= 15 is 0 Å². The average molecular weight is 354 g/mol. The summed E-state index contributed by atoms with van der Waals surface area (Å²) < 4.78 is 16.2. The first kappa shape index (κ1) is 18.8. The number of Topliss-reactive ketones (excluding diaryl/α,β-unsaturated/α-hetero) is 1. The van der Waals surface area contributed by atoms with Gasteiger partial charge in [-0.3, -0.25) is 14.9 Å². The highest BCUT2D eigenvalue weighted by Gasteiger charge is 2.22. The molecule has 0 atom stereocenters. The molecule has 2 aromatic rings. The van der Waals surface area contributed by atoms with E-state index in [1.54, 1.807) is 37.3 Å². The van der Waals surface area contributed by atoms with Crippen LogP contribution in [0.25, 0.3) is 0 Å². The van der Waals surface area contributed by atoms with Crippen LogP contribution in [0, 0.1) is 18.3 Å². The van der Waals surface area contributed by atoms with Crippen LogP contribution in [-0.2, 0) is 4.79 Å². The zero-order valence-electron chi connectivity index (χ0n) is 14.5. The summed E-state index contributed by atoms with van der Waals surface area (Å²) in [5.74, 6) is 0.223. The number of ether oxygens (including phenoxy) is 2. The summed E-state index contributed by atoms with van der Waals surface area (Å²) in [6.45, 7) is 6.43. The minimum Gasteiger partial charge on any atom is -0.486 e. The number of hydrogen-bond acceptors (Lipinski definition) is 6. The Bertz CT molecular complexity index is 877. The lowest BCUT2D eigenvalue weighted by Gasteiger charge is -2.11. The van der Waals surface area contributed by atoms with Crippen molar-refractivity contribution in [3.8, 4) is 17.6 Å². The number of amides is 1. The number of rotatable bonds is 8. The molecule has 134 valence electrons. The third kappa shape index (κ3) is 4.30. The summed E-state index contributed by atoms with van der Waals surface area (Å²) in [5.41, 5.74) is 0.157. The number of carbonyl (C=O) groups is 2. The number of anilines is 1. The number of para-hydroxylation sites is 2. The van der Waals surface area contributed by atoms with Gasteiger partial charge in [-0.2, -0.15) is 5.26 Å². The molecule has 2 rings (SSSR count). The minimum atomic E-state index is -0.538. The summed E-state index contributed by atoms with van der Waals surface area (Å²) >= 11 is 0. The van der Waals surface area contributed by atoms with Crippen LogP contribution in [-0.4, -0.2) is 24.9 Å². The Labute approximate surface area is 150 Å². The molecule has 0 unspecified atom stereocenters.